The summed E-state index contributed by atoms with van der Waals surface area (Å²) >= 11 is 0. The zero-order valence-corrected chi connectivity index (χ0v) is 16.1. The summed E-state index contributed by atoms with van der Waals surface area (Å²) in [5.74, 6) is -0.275. The molecule has 0 radical (unpaired) electrons. The second-order valence-electron chi connectivity index (χ2n) is 5.83. The first-order chi connectivity index (χ1) is 12.7. The van der Waals surface area contributed by atoms with Crippen LogP contribution >= 0.6 is 0 Å². The average molecular weight is 376 g/mol. The van der Waals surface area contributed by atoms with Gasteiger partial charge < -0.3 is 30.0 Å². The fourth-order valence-electron chi connectivity index (χ4n) is 2.00. The van der Waals surface area contributed by atoms with E-state index in [0.717, 1.165) is 12.8 Å². The van der Waals surface area contributed by atoms with Crippen LogP contribution in [-0.2, 0) is 28.5 Å². The Hall–Kier alpha value is -1.22. The number of amides is 2. The molecule has 0 saturated heterocycles. The maximum absolute atomic E-state index is 11.5. The van der Waals surface area contributed by atoms with Crippen LogP contribution in [0, 0.1) is 0 Å². The monoisotopic (exact) mass is 376 g/mol. The van der Waals surface area contributed by atoms with Crippen LogP contribution in [0.3, 0.4) is 0 Å². The van der Waals surface area contributed by atoms with Crippen molar-refractivity contribution in [3.05, 3.63) is 0 Å². The molecule has 8 heteroatoms. The lowest BCUT2D eigenvalue weighted by Crippen LogP contribution is -2.27. The lowest BCUT2D eigenvalue weighted by atomic mass is 10.1. The van der Waals surface area contributed by atoms with Gasteiger partial charge in [0.25, 0.3) is 0 Å². The Morgan fingerprint density at radius 3 is 1.81 bits per heavy atom. The van der Waals surface area contributed by atoms with E-state index >= 15 is 0 Å². The largest absolute Gasteiger partial charge is 0.379 e. The third-order valence-corrected chi connectivity index (χ3v) is 3.43. The predicted octanol–water partition coefficient (Wildman–Crippen LogP) is 1.01. The third kappa shape index (κ3) is 20.8. The average Bonchev–Trinajstić information content (AvgIpc) is 2.61. The number of nitrogens with two attached hydrogens (primary N) is 1. The molecule has 2 amide bonds. The molecule has 0 aliphatic rings. The van der Waals surface area contributed by atoms with E-state index in [1.165, 1.54) is 12.8 Å². The molecule has 0 aliphatic heterocycles. The van der Waals surface area contributed by atoms with Crippen molar-refractivity contribution in [1.29, 1.82) is 0 Å². The lowest BCUT2D eigenvalue weighted by molar-refractivity contribution is -0.121. The van der Waals surface area contributed by atoms with Gasteiger partial charge in [0, 0.05) is 19.4 Å². The van der Waals surface area contributed by atoms with Gasteiger partial charge in [0.1, 0.15) is 0 Å². The second kappa shape index (κ2) is 20.1. The number of unbranched alkanes of at least 4 members (excludes halogenated alkanes) is 3. The minimum absolute atomic E-state index is 0.0942. The van der Waals surface area contributed by atoms with Crippen molar-refractivity contribution >= 4 is 11.8 Å². The molecule has 0 spiro atoms. The fraction of sp³-hybridized carbons (Fsp3) is 0.889. The van der Waals surface area contributed by atoms with Crippen LogP contribution in [0.25, 0.3) is 0 Å². The molecule has 0 aromatic carbocycles. The van der Waals surface area contributed by atoms with E-state index in [1.807, 2.05) is 0 Å². The van der Waals surface area contributed by atoms with Gasteiger partial charge in [0.15, 0.2) is 0 Å². The van der Waals surface area contributed by atoms with E-state index in [-0.39, 0.29) is 18.2 Å². The minimum atomic E-state index is -0.369. The zero-order valence-electron chi connectivity index (χ0n) is 16.1. The van der Waals surface area contributed by atoms with Crippen LogP contribution in [0.5, 0.6) is 0 Å². The van der Waals surface area contributed by atoms with Crippen LogP contribution in [0.2, 0.25) is 0 Å². The van der Waals surface area contributed by atoms with Gasteiger partial charge >= 0.3 is 0 Å². The van der Waals surface area contributed by atoms with Crippen molar-refractivity contribution in [3.8, 4) is 0 Å². The highest BCUT2D eigenvalue weighted by Crippen LogP contribution is 2.01. The standard InChI is InChI=1S/C18H36N2O6/c1-2-3-4-5-6-18(22)20-8-10-24-12-14-26-16-15-25-13-11-23-9-7-17(19)21/h2-16H2,1H3,(H2,19,21)(H,20,22). The lowest BCUT2D eigenvalue weighted by Gasteiger charge is -2.08. The Labute approximate surface area is 157 Å². The van der Waals surface area contributed by atoms with Gasteiger partial charge in [0.05, 0.1) is 52.9 Å². The molecule has 3 N–H and O–H groups in total. The van der Waals surface area contributed by atoms with Crippen LogP contribution in [0.1, 0.15) is 45.4 Å². The third-order valence-electron chi connectivity index (χ3n) is 3.43. The molecule has 0 heterocycles. The van der Waals surface area contributed by atoms with Gasteiger partial charge in [-0.25, -0.2) is 0 Å². The van der Waals surface area contributed by atoms with E-state index in [2.05, 4.69) is 12.2 Å². The minimum Gasteiger partial charge on any atom is -0.379 e. The van der Waals surface area contributed by atoms with E-state index in [4.69, 9.17) is 24.7 Å². The summed E-state index contributed by atoms with van der Waals surface area (Å²) < 4.78 is 21.2. The summed E-state index contributed by atoms with van der Waals surface area (Å²) in [6.45, 7) is 6.33. The first-order valence-electron chi connectivity index (χ1n) is 9.52. The summed E-state index contributed by atoms with van der Waals surface area (Å²) in [5, 5.41) is 2.84. The summed E-state index contributed by atoms with van der Waals surface area (Å²) in [6.07, 6.45) is 5.26. The number of carbonyl (C=O) groups is 2. The molecule has 0 bridgehead atoms. The van der Waals surface area contributed by atoms with Crippen LogP contribution in [-0.4, -0.2) is 71.2 Å². The number of rotatable bonds is 20. The molecule has 8 nitrogen and oxygen atoms in total. The van der Waals surface area contributed by atoms with E-state index in [9.17, 15) is 9.59 Å². The molecule has 0 fully saturated rings. The highest BCUT2D eigenvalue weighted by molar-refractivity contribution is 5.75. The molecule has 0 unspecified atom stereocenters. The van der Waals surface area contributed by atoms with E-state index in [1.54, 1.807) is 0 Å². The van der Waals surface area contributed by atoms with Crippen molar-refractivity contribution in [2.45, 2.75) is 45.4 Å². The van der Waals surface area contributed by atoms with Gasteiger partial charge in [0.2, 0.25) is 11.8 Å². The Balaban J connectivity index is 3.11. The molecule has 154 valence electrons. The van der Waals surface area contributed by atoms with E-state index in [0.29, 0.717) is 65.8 Å². The molecule has 26 heavy (non-hydrogen) atoms. The highest BCUT2D eigenvalue weighted by atomic mass is 16.6. The van der Waals surface area contributed by atoms with Crippen molar-refractivity contribution in [2.24, 2.45) is 5.73 Å². The predicted molar refractivity (Wildman–Crippen MR) is 98.9 cm³/mol. The summed E-state index contributed by atoms with van der Waals surface area (Å²) in [4.78, 5) is 22.0. The normalized spacial score (nSPS) is 10.8. The van der Waals surface area contributed by atoms with Crippen molar-refractivity contribution in [3.63, 3.8) is 0 Å². The summed E-state index contributed by atoms with van der Waals surface area (Å²) in [6, 6.07) is 0. The number of primary amides is 1. The molecule has 0 rings (SSSR count). The zero-order chi connectivity index (χ0) is 19.3. The molecule has 0 aromatic heterocycles. The van der Waals surface area contributed by atoms with Crippen LogP contribution in [0.4, 0.5) is 0 Å². The van der Waals surface area contributed by atoms with Crippen molar-refractivity contribution < 1.29 is 28.5 Å². The van der Waals surface area contributed by atoms with Crippen molar-refractivity contribution in [1.82, 2.24) is 5.32 Å². The summed E-state index contributed by atoms with van der Waals surface area (Å²) in [7, 11) is 0. The van der Waals surface area contributed by atoms with E-state index < -0.39 is 0 Å². The van der Waals surface area contributed by atoms with Crippen molar-refractivity contribution in [2.75, 3.05) is 59.4 Å². The van der Waals surface area contributed by atoms with Gasteiger partial charge in [-0.2, -0.15) is 0 Å². The Bertz CT molecular complexity index is 342. The number of hydrogen-bond acceptors (Lipinski definition) is 6. The number of carbonyl (C=O) groups excluding carboxylic acids is 2. The SMILES string of the molecule is CCCCCCC(=O)NCCOCCOCCOCCOCCC(N)=O. The molecule has 0 saturated carbocycles. The quantitative estimate of drug-likeness (QED) is 0.307. The van der Waals surface area contributed by atoms with Gasteiger partial charge in [-0.1, -0.05) is 26.2 Å². The Morgan fingerprint density at radius 2 is 1.27 bits per heavy atom. The summed E-state index contributed by atoms with van der Waals surface area (Å²) in [5.41, 5.74) is 4.98. The molecule has 0 aliphatic carbocycles. The van der Waals surface area contributed by atoms with Crippen LogP contribution in [0.15, 0.2) is 0 Å². The van der Waals surface area contributed by atoms with Gasteiger partial charge in [-0.05, 0) is 6.42 Å². The van der Waals surface area contributed by atoms with Gasteiger partial charge in [-0.15, -0.1) is 0 Å². The number of hydrogen-bond donors (Lipinski definition) is 2. The maximum Gasteiger partial charge on any atom is 0.220 e. The maximum atomic E-state index is 11.5. The topological polar surface area (TPSA) is 109 Å². The smallest absolute Gasteiger partial charge is 0.220 e. The number of nitrogens with one attached hydrogen (secondary N) is 1. The Kier molecular flexibility index (Phi) is 19.2. The second-order valence-corrected chi connectivity index (χ2v) is 5.83. The first kappa shape index (κ1) is 24.8. The fourth-order valence-corrected chi connectivity index (χ4v) is 2.00. The van der Waals surface area contributed by atoms with Crippen LogP contribution < -0.4 is 11.1 Å². The Morgan fingerprint density at radius 1 is 0.731 bits per heavy atom. The first-order valence-corrected chi connectivity index (χ1v) is 9.52. The number of ether oxygens (including phenoxy) is 4. The molecule has 0 aromatic rings. The van der Waals surface area contributed by atoms with Gasteiger partial charge in [-0.3, -0.25) is 9.59 Å². The molecular formula is C18H36N2O6. The highest BCUT2D eigenvalue weighted by Gasteiger charge is 2.00. The molecular weight excluding hydrogens is 340 g/mol. The molecule has 0 atom stereocenters.